The summed E-state index contributed by atoms with van der Waals surface area (Å²) in [4.78, 5) is 23.5. The minimum Gasteiger partial charge on any atom is -0.483 e. The number of carbonyl (C=O) groups is 2. The van der Waals surface area contributed by atoms with E-state index in [1.54, 1.807) is 23.6 Å². The van der Waals surface area contributed by atoms with E-state index < -0.39 is 0 Å². The third kappa shape index (κ3) is 11.5. The van der Waals surface area contributed by atoms with Crippen molar-refractivity contribution in [2.75, 3.05) is 6.26 Å². The zero-order chi connectivity index (χ0) is 23.6. The number of benzene rings is 2. The fraction of sp³-hybridized carbons (Fsp3) is 0.280. The van der Waals surface area contributed by atoms with E-state index in [9.17, 15) is 4.79 Å². The van der Waals surface area contributed by atoms with Crippen molar-refractivity contribution in [1.29, 1.82) is 0 Å². The highest BCUT2D eigenvalue weighted by Gasteiger charge is 2.14. The first kappa shape index (κ1) is 28.5. The molecule has 2 aromatic rings. The number of thioether (sulfide) groups is 1. The molecule has 0 unspecified atom stereocenters. The second-order valence-corrected chi connectivity index (χ2v) is 7.62. The molecule has 0 aliphatic rings. The summed E-state index contributed by atoms with van der Waals surface area (Å²) in [5.74, 6) is -0.00200. The Kier molecular flexibility index (Phi) is 15.8. The van der Waals surface area contributed by atoms with E-state index in [1.165, 1.54) is 6.42 Å². The summed E-state index contributed by atoms with van der Waals surface area (Å²) < 4.78 is 0. The van der Waals surface area contributed by atoms with Gasteiger partial charge in [0.25, 0.3) is 6.47 Å². The predicted molar refractivity (Wildman–Crippen MR) is 134 cm³/mol. The Labute approximate surface area is 195 Å². The normalized spacial score (nSPS) is 10.8. The molecule has 0 heterocycles. The van der Waals surface area contributed by atoms with E-state index >= 15 is 0 Å². The Balaban J connectivity index is 0.00000134. The summed E-state index contributed by atoms with van der Waals surface area (Å²) >= 11 is 7.74. The summed E-state index contributed by atoms with van der Waals surface area (Å²) in [5, 5.41) is 7.56. The number of amides is 1. The maximum atomic E-state index is 12.3. The molecule has 4 nitrogen and oxygen atoms in total. The van der Waals surface area contributed by atoms with E-state index in [-0.39, 0.29) is 12.4 Å². The molecule has 0 atom stereocenters. The van der Waals surface area contributed by atoms with E-state index in [4.69, 9.17) is 21.5 Å². The number of halogens is 1. The molecule has 0 aromatic heterocycles. The minimum atomic E-state index is -0.250. The molecule has 31 heavy (non-hydrogen) atoms. The molecule has 2 rings (SSSR count). The molecule has 0 bridgehead atoms. The summed E-state index contributed by atoms with van der Waals surface area (Å²) in [7, 11) is 0. The van der Waals surface area contributed by atoms with E-state index in [0.29, 0.717) is 11.6 Å². The lowest BCUT2D eigenvalue weighted by atomic mass is 10.1. The Morgan fingerprint density at radius 3 is 2.16 bits per heavy atom. The van der Waals surface area contributed by atoms with E-state index in [2.05, 4.69) is 32.1 Å². The van der Waals surface area contributed by atoms with Crippen LogP contribution in [0.5, 0.6) is 0 Å². The lowest BCUT2D eigenvalue weighted by molar-refractivity contribution is -0.127. The topological polar surface area (TPSA) is 57.6 Å². The van der Waals surface area contributed by atoms with Gasteiger partial charge in [-0.25, -0.2) is 0 Å². The Bertz CT molecular complexity index is 851. The Hall–Kier alpha value is -2.50. The van der Waals surface area contributed by atoms with Crippen LogP contribution in [0.3, 0.4) is 0 Å². The van der Waals surface area contributed by atoms with Crippen molar-refractivity contribution >= 4 is 40.6 Å². The van der Waals surface area contributed by atoms with Crippen LogP contribution in [0.4, 0.5) is 0 Å². The molecular weight excluding hydrogens is 430 g/mol. The van der Waals surface area contributed by atoms with Crippen LogP contribution in [0.25, 0.3) is 4.91 Å². The first-order valence-corrected chi connectivity index (χ1v) is 11.6. The fourth-order valence-electron chi connectivity index (χ4n) is 2.52. The van der Waals surface area contributed by atoms with Crippen LogP contribution in [0.1, 0.15) is 45.2 Å². The quantitative estimate of drug-likeness (QED) is 0.367. The van der Waals surface area contributed by atoms with Gasteiger partial charge in [-0.1, -0.05) is 80.4 Å². The summed E-state index contributed by atoms with van der Waals surface area (Å²) in [6.45, 7) is 8.02. The summed E-state index contributed by atoms with van der Waals surface area (Å²) in [5.41, 5.74) is 3.02. The molecule has 0 radical (unpaired) electrons. The van der Waals surface area contributed by atoms with Crippen LogP contribution in [-0.4, -0.2) is 28.6 Å². The molecule has 0 saturated carbocycles. The van der Waals surface area contributed by atoms with Crippen LogP contribution >= 0.6 is 23.4 Å². The van der Waals surface area contributed by atoms with E-state index in [1.807, 2.05) is 61.7 Å². The standard InChI is InChI=1S/C21H22ClNOS.C3H8.CH2O2/c1-4-20(14-21(25-3)18-10-6-5-7-11-18)23(16(2)24)15-17-9-8-12-19(22)13-17;1-3-2;2-1-3/h4-14H,15H2,1-3H3;3H2,1-2H3;1H,(H,2,3)/b20-4-,21-14-;;. The van der Waals surface area contributed by atoms with Gasteiger partial charge in [0.2, 0.25) is 5.91 Å². The van der Waals surface area contributed by atoms with Crippen molar-refractivity contribution < 1.29 is 14.7 Å². The number of hydrogen-bond donors (Lipinski definition) is 1. The number of carboxylic acid groups (broad SMARTS) is 1. The van der Waals surface area contributed by atoms with Gasteiger partial charge in [0.15, 0.2) is 0 Å². The smallest absolute Gasteiger partial charge is 0.290 e. The van der Waals surface area contributed by atoms with Crippen molar-refractivity contribution in [3.63, 3.8) is 0 Å². The maximum Gasteiger partial charge on any atom is 0.290 e. The average molecular weight is 462 g/mol. The van der Waals surface area contributed by atoms with Gasteiger partial charge in [0.1, 0.15) is 0 Å². The fourth-order valence-corrected chi connectivity index (χ4v) is 3.34. The summed E-state index contributed by atoms with van der Waals surface area (Å²) in [6.07, 6.45) is 7.32. The second-order valence-electron chi connectivity index (χ2n) is 6.34. The SMILES string of the molecule is C/C=C(/C=C(\SC)c1ccccc1)N(Cc1cccc(Cl)c1)C(C)=O.CCC.O=CO. The van der Waals surface area contributed by atoms with Crippen molar-refractivity contribution in [3.05, 3.63) is 88.6 Å². The van der Waals surface area contributed by atoms with Gasteiger partial charge in [0, 0.05) is 22.5 Å². The van der Waals surface area contributed by atoms with Crippen LogP contribution in [0, 0.1) is 0 Å². The summed E-state index contributed by atoms with van der Waals surface area (Å²) in [6, 6.07) is 17.8. The maximum absolute atomic E-state index is 12.3. The molecule has 0 aliphatic heterocycles. The highest BCUT2D eigenvalue weighted by atomic mass is 35.5. The molecule has 0 fully saturated rings. The van der Waals surface area contributed by atoms with Crippen LogP contribution in [0.2, 0.25) is 5.02 Å². The van der Waals surface area contributed by atoms with Crippen molar-refractivity contribution in [3.8, 4) is 0 Å². The van der Waals surface area contributed by atoms with Crippen molar-refractivity contribution in [1.82, 2.24) is 4.90 Å². The van der Waals surface area contributed by atoms with Gasteiger partial charge in [-0.05, 0) is 42.5 Å². The van der Waals surface area contributed by atoms with Crippen LogP contribution < -0.4 is 0 Å². The number of carbonyl (C=O) groups excluding carboxylic acids is 1. The van der Waals surface area contributed by atoms with Gasteiger partial charge in [-0.2, -0.15) is 0 Å². The second kappa shape index (κ2) is 17.2. The Morgan fingerprint density at radius 2 is 1.71 bits per heavy atom. The largest absolute Gasteiger partial charge is 0.483 e. The zero-order valence-corrected chi connectivity index (χ0v) is 20.4. The van der Waals surface area contributed by atoms with Gasteiger partial charge in [0.05, 0.1) is 6.54 Å². The monoisotopic (exact) mass is 461 g/mol. The van der Waals surface area contributed by atoms with Gasteiger partial charge >= 0.3 is 0 Å². The van der Waals surface area contributed by atoms with Gasteiger partial charge < -0.3 is 10.0 Å². The molecule has 6 heteroatoms. The first-order chi connectivity index (χ1) is 14.9. The zero-order valence-electron chi connectivity index (χ0n) is 18.8. The molecule has 1 amide bonds. The predicted octanol–water partition coefficient (Wildman–Crippen LogP) is 7.11. The molecule has 0 saturated heterocycles. The molecule has 168 valence electrons. The average Bonchev–Trinajstić information content (AvgIpc) is 2.75. The third-order valence-corrected chi connectivity index (χ3v) is 4.80. The number of hydrogen-bond acceptors (Lipinski definition) is 3. The first-order valence-electron chi connectivity index (χ1n) is 9.96. The van der Waals surface area contributed by atoms with Gasteiger partial charge in [-0.3, -0.25) is 9.59 Å². The lowest BCUT2D eigenvalue weighted by Crippen LogP contribution is -2.26. The minimum absolute atomic E-state index is 0.00200. The highest BCUT2D eigenvalue weighted by Crippen LogP contribution is 2.28. The molecular formula is C25H32ClNO3S. The lowest BCUT2D eigenvalue weighted by Gasteiger charge is -2.23. The van der Waals surface area contributed by atoms with Crippen LogP contribution in [-0.2, 0) is 16.1 Å². The molecule has 0 aliphatic carbocycles. The molecule has 2 aromatic carbocycles. The molecule has 1 N–H and O–H groups in total. The van der Waals surface area contributed by atoms with Crippen molar-refractivity contribution in [2.45, 2.75) is 40.7 Å². The number of rotatable bonds is 6. The third-order valence-electron chi connectivity index (χ3n) is 3.77. The molecule has 0 spiro atoms. The number of allylic oxidation sites excluding steroid dienone is 2. The van der Waals surface area contributed by atoms with Crippen LogP contribution in [0.15, 0.2) is 72.4 Å². The number of nitrogens with zero attached hydrogens (tertiary/aromatic N) is 1. The van der Waals surface area contributed by atoms with E-state index in [0.717, 1.165) is 21.7 Å². The highest BCUT2D eigenvalue weighted by molar-refractivity contribution is 8.07. The Morgan fingerprint density at radius 1 is 1.13 bits per heavy atom. The van der Waals surface area contributed by atoms with Crippen molar-refractivity contribution in [2.24, 2.45) is 0 Å². The van der Waals surface area contributed by atoms with Gasteiger partial charge in [-0.15, -0.1) is 11.8 Å².